The molecular formula is C15H15Br2N3O. The number of carbonyl (C=O) groups excluding carboxylic acids is 1. The van der Waals surface area contributed by atoms with Gasteiger partial charge in [-0.15, -0.1) is 0 Å². The fraction of sp³-hybridized carbons (Fsp3) is 0.200. The van der Waals surface area contributed by atoms with Gasteiger partial charge in [0.2, 0.25) is 0 Å². The van der Waals surface area contributed by atoms with Gasteiger partial charge in [-0.2, -0.15) is 0 Å². The molecule has 0 radical (unpaired) electrons. The van der Waals surface area contributed by atoms with E-state index in [9.17, 15) is 4.79 Å². The molecule has 1 heterocycles. The van der Waals surface area contributed by atoms with Gasteiger partial charge in [-0.1, -0.05) is 28.9 Å². The van der Waals surface area contributed by atoms with Gasteiger partial charge in [-0.05, 0) is 46.6 Å². The molecule has 21 heavy (non-hydrogen) atoms. The van der Waals surface area contributed by atoms with Gasteiger partial charge in [0, 0.05) is 27.4 Å². The van der Waals surface area contributed by atoms with Gasteiger partial charge in [-0.25, -0.2) is 4.98 Å². The third-order valence-electron chi connectivity index (χ3n) is 2.72. The average molecular weight is 413 g/mol. The first-order chi connectivity index (χ1) is 10.1. The van der Waals surface area contributed by atoms with Crippen LogP contribution in [0.1, 0.15) is 23.7 Å². The first kappa shape index (κ1) is 16.0. The third-order valence-corrected chi connectivity index (χ3v) is 3.65. The van der Waals surface area contributed by atoms with Crippen molar-refractivity contribution in [1.82, 2.24) is 4.98 Å². The van der Waals surface area contributed by atoms with E-state index in [-0.39, 0.29) is 5.91 Å². The second-order valence-corrected chi connectivity index (χ2v) is 6.27. The number of nitrogens with zero attached hydrogens (tertiary/aromatic N) is 1. The maximum absolute atomic E-state index is 12.4. The predicted octanol–water partition coefficient (Wildman–Crippen LogP) is 4.68. The van der Waals surface area contributed by atoms with Crippen LogP contribution in [0.3, 0.4) is 0 Å². The SMILES string of the molecule is CCCNc1ncc(Br)cc1C(=O)Nc1cccc(Br)c1. The Bertz CT molecular complexity index is 647. The number of benzene rings is 1. The van der Waals surface area contributed by atoms with E-state index in [2.05, 4.69) is 54.4 Å². The summed E-state index contributed by atoms with van der Waals surface area (Å²) < 4.78 is 1.68. The lowest BCUT2D eigenvalue weighted by Crippen LogP contribution is -2.16. The van der Waals surface area contributed by atoms with Crippen molar-refractivity contribution in [2.24, 2.45) is 0 Å². The van der Waals surface area contributed by atoms with Crippen LogP contribution in [0.4, 0.5) is 11.5 Å². The Morgan fingerprint density at radius 3 is 2.76 bits per heavy atom. The number of halogens is 2. The Morgan fingerprint density at radius 1 is 1.24 bits per heavy atom. The minimum Gasteiger partial charge on any atom is -0.369 e. The van der Waals surface area contributed by atoms with E-state index in [1.54, 1.807) is 12.3 Å². The molecule has 0 aliphatic heterocycles. The van der Waals surface area contributed by atoms with E-state index in [0.717, 1.165) is 27.6 Å². The largest absolute Gasteiger partial charge is 0.369 e. The Hall–Kier alpha value is -1.40. The van der Waals surface area contributed by atoms with Crippen LogP contribution in [0.25, 0.3) is 0 Å². The summed E-state index contributed by atoms with van der Waals surface area (Å²) in [6.07, 6.45) is 2.64. The Labute approximate surface area is 140 Å². The molecule has 1 aromatic heterocycles. The summed E-state index contributed by atoms with van der Waals surface area (Å²) in [6, 6.07) is 9.23. The lowest BCUT2D eigenvalue weighted by molar-refractivity contribution is 0.102. The van der Waals surface area contributed by atoms with E-state index in [1.165, 1.54) is 0 Å². The molecule has 1 aromatic carbocycles. The number of nitrogens with one attached hydrogen (secondary N) is 2. The predicted molar refractivity (Wildman–Crippen MR) is 92.8 cm³/mol. The fourth-order valence-electron chi connectivity index (χ4n) is 1.76. The zero-order chi connectivity index (χ0) is 15.2. The molecule has 6 heteroatoms. The highest BCUT2D eigenvalue weighted by molar-refractivity contribution is 9.10. The van der Waals surface area contributed by atoms with Gasteiger partial charge in [-0.3, -0.25) is 4.79 Å². The van der Waals surface area contributed by atoms with Crippen molar-refractivity contribution in [3.8, 4) is 0 Å². The lowest BCUT2D eigenvalue weighted by Gasteiger charge is -2.11. The summed E-state index contributed by atoms with van der Waals surface area (Å²) >= 11 is 6.74. The molecule has 4 nitrogen and oxygen atoms in total. The quantitative estimate of drug-likeness (QED) is 0.749. The molecule has 0 aliphatic carbocycles. The fourth-order valence-corrected chi connectivity index (χ4v) is 2.49. The molecule has 110 valence electrons. The molecule has 0 atom stereocenters. The minimum absolute atomic E-state index is 0.194. The van der Waals surface area contributed by atoms with Gasteiger partial charge in [0.15, 0.2) is 0 Å². The van der Waals surface area contributed by atoms with Crippen LogP contribution < -0.4 is 10.6 Å². The normalized spacial score (nSPS) is 10.2. The summed E-state index contributed by atoms with van der Waals surface area (Å²) in [5, 5.41) is 6.04. The highest BCUT2D eigenvalue weighted by Gasteiger charge is 2.13. The maximum Gasteiger partial charge on any atom is 0.259 e. The number of hydrogen-bond donors (Lipinski definition) is 2. The van der Waals surface area contributed by atoms with Crippen molar-refractivity contribution in [2.45, 2.75) is 13.3 Å². The van der Waals surface area contributed by atoms with E-state index in [1.807, 2.05) is 24.3 Å². The van der Waals surface area contributed by atoms with Crippen molar-refractivity contribution in [2.75, 3.05) is 17.2 Å². The van der Waals surface area contributed by atoms with Gasteiger partial charge < -0.3 is 10.6 Å². The molecule has 2 rings (SSSR count). The number of rotatable bonds is 5. The first-order valence-electron chi connectivity index (χ1n) is 6.56. The summed E-state index contributed by atoms with van der Waals surface area (Å²) in [6.45, 7) is 2.83. The van der Waals surface area contributed by atoms with Crippen LogP contribution >= 0.6 is 31.9 Å². The summed E-state index contributed by atoms with van der Waals surface area (Å²) in [5.41, 5.74) is 1.24. The number of hydrogen-bond acceptors (Lipinski definition) is 3. The van der Waals surface area contributed by atoms with Crippen LogP contribution in [-0.4, -0.2) is 17.4 Å². The topological polar surface area (TPSA) is 54.0 Å². The van der Waals surface area contributed by atoms with Crippen molar-refractivity contribution >= 4 is 49.3 Å². The number of pyridine rings is 1. The van der Waals surface area contributed by atoms with Crippen molar-refractivity contribution < 1.29 is 4.79 Å². The molecule has 0 unspecified atom stereocenters. The number of anilines is 2. The minimum atomic E-state index is -0.194. The molecule has 2 N–H and O–H groups in total. The summed E-state index contributed by atoms with van der Waals surface area (Å²) in [7, 11) is 0. The molecule has 0 saturated carbocycles. The van der Waals surface area contributed by atoms with Crippen LogP contribution in [0, 0.1) is 0 Å². The average Bonchev–Trinajstić information content (AvgIpc) is 2.46. The van der Waals surface area contributed by atoms with Gasteiger partial charge >= 0.3 is 0 Å². The molecule has 0 spiro atoms. The molecule has 0 aliphatic rings. The number of carbonyl (C=O) groups is 1. The van der Waals surface area contributed by atoms with Gasteiger partial charge in [0.25, 0.3) is 5.91 Å². The second-order valence-electron chi connectivity index (χ2n) is 4.44. The maximum atomic E-state index is 12.4. The zero-order valence-corrected chi connectivity index (χ0v) is 14.7. The van der Waals surface area contributed by atoms with E-state index < -0.39 is 0 Å². The first-order valence-corrected chi connectivity index (χ1v) is 8.15. The Morgan fingerprint density at radius 2 is 2.05 bits per heavy atom. The summed E-state index contributed by atoms with van der Waals surface area (Å²) in [5.74, 6) is 0.396. The smallest absolute Gasteiger partial charge is 0.259 e. The van der Waals surface area contributed by atoms with E-state index >= 15 is 0 Å². The zero-order valence-electron chi connectivity index (χ0n) is 11.5. The van der Waals surface area contributed by atoms with Crippen LogP contribution in [0.15, 0.2) is 45.5 Å². The third kappa shape index (κ3) is 4.54. The van der Waals surface area contributed by atoms with Gasteiger partial charge in [0.05, 0.1) is 5.56 Å². The standard InChI is InChI=1S/C15H15Br2N3O/c1-2-6-18-14-13(8-11(17)9-19-14)15(21)20-12-5-3-4-10(16)7-12/h3-5,7-9H,2,6H2,1H3,(H,18,19)(H,20,21). The van der Waals surface area contributed by atoms with E-state index in [0.29, 0.717) is 11.4 Å². The van der Waals surface area contributed by atoms with Crippen LogP contribution in [-0.2, 0) is 0 Å². The van der Waals surface area contributed by atoms with Crippen molar-refractivity contribution in [1.29, 1.82) is 0 Å². The molecule has 0 bridgehead atoms. The highest BCUT2D eigenvalue weighted by Crippen LogP contribution is 2.21. The van der Waals surface area contributed by atoms with Gasteiger partial charge in [0.1, 0.15) is 5.82 Å². The van der Waals surface area contributed by atoms with E-state index in [4.69, 9.17) is 0 Å². The number of amides is 1. The lowest BCUT2D eigenvalue weighted by atomic mass is 10.2. The molecule has 1 amide bonds. The second kappa shape index (κ2) is 7.56. The Balaban J connectivity index is 2.23. The van der Waals surface area contributed by atoms with Crippen LogP contribution in [0.2, 0.25) is 0 Å². The molecular weight excluding hydrogens is 398 g/mol. The van der Waals surface area contributed by atoms with Crippen LogP contribution in [0.5, 0.6) is 0 Å². The van der Waals surface area contributed by atoms with Crippen molar-refractivity contribution in [3.05, 3.63) is 51.0 Å². The van der Waals surface area contributed by atoms with Crippen molar-refractivity contribution in [3.63, 3.8) is 0 Å². The monoisotopic (exact) mass is 411 g/mol. The molecule has 0 fully saturated rings. The highest BCUT2D eigenvalue weighted by atomic mass is 79.9. The molecule has 2 aromatic rings. The summed E-state index contributed by atoms with van der Waals surface area (Å²) in [4.78, 5) is 16.7. The Kier molecular flexibility index (Phi) is 5.76. The molecule has 0 saturated heterocycles. The number of aromatic nitrogens is 1.